The van der Waals surface area contributed by atoms with Gasteiger partial charge in [0.1, 0.15) is 5.71 Å². The molecule has 0 amide bonds. The molecule has 0 unspecified atom stereocenters. The maximum Gasteiger partial charge on any atom is 0.351 e. The number of ether oxygens (including phenoxy) is 1. The van der Waals surface area contributed by atoms with E-state index in [1.807, 2.05) is 18.2 Å². The molecular weight excluding hydrogens is 202 g/mol. The molecule has 0 aromatic heterocycles. The number of methoxy groups -OCH3 is 1. The normalized spacial score (nSPS) is 9.81. The number of benzene rings is 1. The van der Waals surface area contributed by atoms with Crippen LogP contribution in [0.2, 0.25) is 0 Å². The van der Waals surface area contributed by atoms with Crippen molar-refractivity contribution in [1.29, 1.82) is 5.41 Å². The Balaban J connectivity index is 2.17. The Bertz CT molecular complexity index is 346. The zero-order chi connectivity index (χ0) is 11.8. The first-order valence-corrected chi connectivity index (χ1v) is 5.43. The molecule has 16 heavy (non-hydrogen) atoms. The Morgan fingerprint density at radius 2 is 1.94 bits per heavy atom. The highest BCUT2D eigenvalue weighted by Gasteiger charge is 2.07. The van der Waals surface area contributed by atoms with Crippen LogP contribution in [0.5, 0.6) is 0 Å². The summed E-state index contributed by atoms with van der Waals surface area (Å²) in [6.45, 7) is 0. The Labute approximate surface area is 95.9 Å². The van der Waals surface area contributed by atoms with E-state index in [0.29, 0.717) is 6.42 Å². The van der Waals surface area contributed by atoms with Crippen LogP contribution in [-0.4, -0.2) is 18.8 Å². The number of aryl methyl sites for hydroxylation is 1. The van der Waals surface area contributed by atoms with E-state index in [1.54, 1.807) is 0 Å². The van der Waals surface area contributed by atoms with Crippen LogP contribution in [0.25, 0.3) is 0 Å². The topological polar surface area (TPSA) is 50.2 Å². The van der Waals surface area contributed by atoms with Gasteiger partial charge >= 0.3 is 5.97 Å². The lowest BCUT2D eigenvalue weighted by atomic mass is 10.1. The third-order valence-electron chi connectivity index (χ3n) is 2.42. The molecule has 3 heteroatoms. The third-order valence-corrected chi connectivity index (χ3v) is 2.42. The molecule has 1 aromatic carbocycles. The van der Waals surface area contributed by atoms with Crippen LogP contribution in [0.3, 0.4) is 0 Å². The standard InChI is InChI=1S/C13H17NO2/c1-16-13(15)12(14)10-6-5-9-11-7-3-2-4-8-11/h2-4,7-8,14H,5-6,9-10H2,1H3. The summed E-state index contributed by atoms with van der Waals surface area (Å²) in [6, 6.07) is 10.2. The Morgan fingerprint density at radius 1 is 1.25 bits per heavy atom. The van der Waals surface area contributed by atoms with Crippen LogP contribution >= 0.6 is 0 Å². The van der Waals surface area contributed by atoms with Gasteiger partial charge in [-0.25, -0.2) is 4.79 Å². The highest BCUT2D eigenvalue weighted by molar-refractivity contribution is 6.34. The van der Waals surface area contributed by atoms with E-state index in [0.717, 1.165) is 19.3 Å². The van der Waals surface area contributed by atoms with E-state index >= 15 is 0 Å². The van der Waals surface area contributed by atoms with Gasteiger partial charge < -0.3 is 4.74 Å². The van der Waals surface area contributed by atoms with Gasteiger partial charge in [-0.3, -0.25) is 5.41 Å². The number of nitrogens with one attached hydrogen (secondary N) is 1. The summed E-state index contributed by atoms with van der Waals surface area (Å²) in [5, 5.41) is 7.40. The predicted octanol–water partition coefficient (Wildman–Crippen LogP) is 2.59. The minimum Gasteiger partial charge on any atom is -0.465 e. The van der Waals surface area contributed by atoms with Crippen molar-refractivity contribution >= 4 is 11.7 Å². The second kappa shape index (κ2) is 6.77. The molecule has 1 aromatic rings. The molecule has 3 nitrogen and oxygen atoms in total. The van der Waals surface area contributed by atoms with Gasteiger partial charge in [0.25, 0.3) is 0 Å². The summed E-state index contributed by atoms with van der Waals surface area (Å²) in [7, 11) is 1.31. The predicted molar refractivity (Wildman–Crippen MR) is 63.7 cm³/mol. The number of carbonyl (C=O) groups is 1. The van der Waals surface area contributed by atoms with Crippen LogP contribution in [-0.2, 0) is 16.0 Å². The van der Waals surface area contributed by atoms with Crippen LogP contribution in [0, 0.1) is 5.41 Å². The summed E-state index contributed by atoms with van der Waals surface area (Å²) in [4.78, 5) is 10.9. The molecule has 1 N–H and O–H groups in total. The smallest absolute Gasteiger partial charge is 0.351 e. The number of hydrogen-bond donors (Lipinski definition) is 1. The second-order valence-corrected chi connectivity index (χ2v) is 3.66. The quantitative estimate of drug-likeness (QED) is 0.454. The Kier molecular flexibility index (Phi) is 5.26. The number of unbranched alkanes of at least 4 members (excludes halogenated alkanes) is 1. The first-order valence-electron chi connectivity index (χ1n) is 5.43. The zero-order valence-corrected chi connectivity index (χ0v) is 9.53. The summed E-state index contributed by atoms with van der Waals surface area (Å²) < 4.78 is 4.46. The van der Waals surface area contributed by atoms with Gasteiger partial charge in [-0.05, 0) is 31.2 Å². The highest BCUT2D eigenvalue weighted by Crippen LogP contribution is 2.06. The molecule has 0 saturated heterocycles. The first kappa shape index (κ1) is 12.4. The fourth-order valence-corrected chi connectivity index (χ4v) is 1.50. The van der Waals surface area contributed by atoms with Crippen molar-refractivity contribution in [1.82, 2.24) is 0 Å². The molecule has 0 atom stereocenters. The van der Waals surface area contributed by atoms with Crippen LogP contribution < -0.4 is 0 Å². The lowest BCUT2D eigenvalue weighted by molar-refractivity contribution is -0.132. The highest BCUT2D eigenvalue weighted by atomic mass is 16.5. The van der Waals surface area contributed by atoms with E-state index in [2.05, 4.69) is 16.9 Å². The SMILES string of the molecule is COC(=O)C(=N)CCCCc1ccccc1. The summed E-state index contributed by atoms with van der Waals surface area (Å²) in [5.74, 6) is -0.514. The summed E-state index contributed by atoms with van der Waals surface area (Å²) in [5.41, 5.74) is 1.36. The van der Waals surface area contributed by atoms with Crippen molar-refractivity contribution in [3.05, 3.63) is 35.9 Å². The van der Waals surface area contributed by atoms with E-state index < -0.39 is 5.97 Å². The molecule has 1 rings (SSSR count). The van der Waals surface area contributed by atoms with E-state index in [9.17, 15) is 4.79 Å². The van der Waals surface area contributed by atoms with Crippen LogP contribution in [0.1, 0.15) is 24.8 Å². The third kappa shape index (κ3) is 4.26. The van der Waals surface area contributed by atoms with Gasteiger partial charge in [0, 0.05) is 0 Å². The van der Waals surface area contributed by atoms with E-state index in [-0.39, 0.29) is 5.71 Å². The van der Waals surface area contributed by atoms with Crippen LogP contribution in [0.4, 0.5) is 0 Å². The maximum atomic E-state index is 10.9. The average Bonchev–Trinajstić information content (AvgIpc) is 2.34. The van der Waals surface area contributed by atoms with Crippen molar-refractivity contribution in [2.24, 2.45) is 0 Å². The average molecular weight is 219 g/mol. The fraction of sp³-hybridized carbons (Fsp3) is 0.385. The molecular formula is C13H17NO2. The largest absolute Gasteiger partial charge is 0.465 e. The van der Waals surface area contributed by atoms with Gasteiger partial charge in [0.15, 0.2) is 0 Å². The van der Waals surface area contributed by atoms with Gasteiger partial charge in [-0.15, -0.1) is 0 Å². The van der Waals surface area contributed by atoms with Crippen molar-refractivity contribution in [3.8, 4) is 0 Å². The molecule has 0 bridgehead atoms. The van der Waals surface area contributed by atoms with Crippen molar-refractivity contribution in [2.75, 3.05) is 7.11 Å². The fourth-order valence-electron chi connectivity index (χ4n) is 1.50. The molecule has 0 fully saturated rings. The zero-order valence-electron chi connectivity index (χ0n) is 9.53. The van der Waals surface area contributed by atoms with Crippen LogP contribution in [0.15, 0.2) is 30.3 Å². The number of rotatable bonds is 6. The molecule has 0 aliphatic rings. The minimum atomic E-state index is -0.514. The van der Waals surface area contributed by atoms with E-state index in [1.165, 1.54) is 12.7 Å². The molecule has 0 aliphatic heterocycles. The van der Waals surface area contributed by atoms with Gasteiger partial charge in [0.2, 0.25) is 0 Å². The summed E-state index contributed by atoms with van der Waals surface area (Å²) >= 11 is 0. The first-order chi connectivity index (χ1) is 7.74. The molecule has 0 spiro atoms. The maximum absolute atomic E-state index is 10.9. The number of esters is 1. The van der Waals surface area contributed by atoms with E-state index in [4.69, 9.17) is 5.41 Å². The van der Waals surface area contributed by atoms with Gasteiger partial charge in [-0.1, -0.05) is 30.3 Å². The van der Waals surface area contributed by atoms with Gasteiger partial charge in [-0.2, -0.15) is 0 Å². The summed E-state index contributed by atoms with van der Waals surface area (Å²) in [6.07, 6.45) is 3.33. The molecule has 0 saturated carbocycles. The minimum absolute atomic E-state index is 0.0653. The van der Waals surface area contributed by atoms with Crippen molar-refractivity contribution in [3.63, 3.8) is 0 Å². The number of carbonyl (C=O) groups excluding carboxylic acids is 1. The van der Waals surface area contributed by atoms with Crippen molar-refractivity contribution in [2.45, 2.75) is 25.7 Å². The molecule has 0 heterocycles. The van der Waals surface area contributed by atoms with Gasteiger partial charge in [0.05, 0.1) is 7.11 Å². The second-order valence-electron chi connectivity index (χ2n) is 3.66. The molecule has 0 aliphatic carbocycles. The lowest BCUT2D eigenvalue weighted by Crippen LogP contribution is -2.14. The Morgan fingerprint density at radius 3 is 2.56 bits per heavy atom. The molecule has 0 radical (unpaired) electrons. The van der Waals surface area contributed by atoms with Crippen molar-refractivity contribution < 1.29 is 9.53 Å². The monoisotopic (exact) mass is 219 g/mol. The number of hydrogen-bond acceptors (Lipinski definition) is 3. The Hall–Kier alpha value is -1.64. The lowest BCUT2D eigenvalue weighted by Gasteiger charge is -2.02. The molecule has 86 valence electrons.